The molecule has 2 aromatic carbocycles. The molecule has 1 atom stereocenters. The number of nitrogens with one attached hydrogen (secondary N) is 1. The molecule has 0 aromatic heterocycles. The van der Waals surface area contributed by atoms with Crippen molar-refractivity contribution in [3.8, 4) is 0 Å². The monoisotopic (exact) mass is 524 g/mol. The zero-order chi connectivity index (χ0) is 26.1. The smallest absolute Gasteiger partial charge is 0.418 e. The fraction of sp³-hybridized carbons (Fsp3) is 0.462. The van der Waals surface area contributed by atoms with E-state index >= 15 is 0 Å². The zero-order valence-corrected chi connectivity index (χ0v) is 22.6. The van der Waals surface area contributed by atoms with Crippen molar-refractivity contribution >= 4 is 46.0 Å². The topological polar surface area (TPSA) is 84.9 Å². The summed E-state index contributed by atoms with van der Waals surface area (Å²) in [5.74, 6) is 0.129. The van der Waals surface area contributed by atoms with Gasteiger partial charge in [-0.15, -0.1) is 0 Å². The van der Waals surface area contributed by atoms with E-state index in [0.29, 0.717) is 17.5 Å². The molecule has 1 aliphatic carbocycles. The molecule has 1 saturated carbocycles. The van der Waals surface area contributed by atoms with E-state index in [1.807, 2.05) is 56.3 Å². The highest BCUT2D eigenvalue weighted by molar-refractivity contribution is 7.82. The number of ether oxygens (including phenoxy) is 2. The van der Waals surface area contributed by atoms with Gasteiger partial charge in [-0.3, -0.25) is 9.52 Å². The van der Waals surface area contributed by atoms with Crippen LogP contribution in [0.5, 0.6) is 0 Å². The molecule has 9 heteroatoms. The molecule has 1 N–H and O–H groups in total. The first-order valence-electron chi connectivity index (χ1n) is 11.8. The lowest BCUT2D eigenvalue weighted by atomic mass is 9.90. The molecule has 1 unspecified atom stereocenters. The number of hydrogen-bond donors (Lipinski definition) is 1. The Morgan fingerprint density at radius 2 is 1.57 bits per heavy atom. The van der Waals surface area contributed by atoms with Gasteiger partial charge in [-0.2, -0.15) is 0 Å². The van der Waals surface area contributed by atoms with Crippen molar-refractivity contribution in [1.29, 1.82) is 0 Å². The van der Waals surface area contributed by atoms with E-state index in [0.717, 1.165) is 24.2 Å². The molecular weight excluding hydrogens is 488 g/mol. The minimum atomic E-state index is -1.28. The molecule has 0 heterocycles. The predicted octanol–water partition coefficient (Wildman–Crippen LogP) is 6.26. The van der Waals surface area contributed by atoms with Crippen LogP contribution in [0.4, 0.5) is 16.2 Å². The third-order valence-electron chi connectivity index (χ3n) is 4.98. The second kappa shape index (κ2) is 17.9. The number of hydrogen-bond acceptors (Lipinski definition) is 5. The molecule has 2 amide bonds. The molecule has 3 rings (SSSR count). The van der Waals surface area contributed by atoms with Crippen LogP contribution in [0.2, 0.25) is 5.02 Å². The summed E-state index contributed by atoms with van der Waals surface area (Å²) in [7, 11) is 0.124. The lowest BCUT2D eigenvalue weighted by molar-refractivity contribution is -0.122. The Hall–Kier alpha value is -2.42. The van der Waals surface area contributed by atoms with Crippen molar-refractivity contribution < 1.29 is 23.3 Å². The first-order valence-corrected chi connectivity index (χ1v) is 13.7. The van der Waals surface area contributed by atoms with Crippen molar-refractivity contribution in [3.63, 3.8) is 0 Å². The lowest BCUT2D eigenvalue weighted by Gasteiger charge is -2.25. The van der Waals surface area contributed by atoms with Crippen molar-refractivity contribution in [2.24, 2.45) is 5.92 Å². The number of carbonyl (C=O) groups is 2. The Morgan fingerprint density at radius 3 is 2.11 bits per heavy atom. The van der Waals surface area contributed by atoms with Gasteiger partial charge in [0, 0.05) is 18.4 Å². The van der Waals surface area contributed by atoms with Crippen LogP contribution in [0.3, 0.4) is 0 Å². The average Bonchev–Trinajstić information content (AvgIpc) is 2.87. The van der Waals surface area contributed by atoms with Crippen LogP contribution in [0, 0.1) is 5.92 Å². The van der Waals surface area contributed by atoms with Gasteiger partial charge in [0.2, 0.25) is 0 Å². The van der Waals surface area contributed by atoms with Crippen LogP contribution in [0.15, 0.2) is 54.6 Å². The largest absolute Gasteiger partial charge is 0.449 e. The number of anilines is 2. The molecule has 0 bridgehead atoms. The lowest BCUT2D eigenvalue weighted by Crippen LogP contribution is -2.29. The summed E-state index contributed by atoms with van der Waals surface area (Å²) >= 11 is 5.97. The summed E-state index contributed by atoms with van der Waals surface area (Å²) in [6.07, 6.45) is 7.12. The second-order valence-electron chi connectivity index (χ2n) is 7.64. The van der Waals surface area contributed by atoms with Gasteiger partial charge in [0.15, 0.2) is 0 Å². The highest BCUT2D eigenvalue weighted by Gasteiger charge is 2.22. The number of para-hydroxylation sites is 1. The highest BCUT2D eigenvalue weighted by Crippen LogP contribution is 2.29. The number of amides is 2. The first-order chi connectivity index (χ1) is 16.9. The number of halogens is 1. The maximum Gasteiger partial charge on any atom is 0.418 e. The molecule has 35 heavy (non-hydrogen) atoms. The van der Waals surface area contributed by atoms with Gasteiger partial charge in [0.1, 0.15) is 17.6 Å². The van der Waals surface area contributed by atoms with Gasteiger partial charge in [0.05, 0.1) is 18.0 Å². The van der Waals surface area contributed by atoms with E-state index in [9.17, 15) is 13.8 Å². The van der Waals surface area contributed by atoms with Crippen molar-refractivity contribution in [2.45, 2.75) is 46.0 Å². The Morgan fingerprint density at radius 1 is 1.00 bits per heavy atom. The quantitative estimate of drug-likeness (QED) is 0.461. The molecule has 1 aliphatic rings. The van der Waals surface area contributed by atoms with Gasteiger partial charge < -0.3 is 9.47 Å². The van der Waals surface area contributed by atoms with Crippen molar-refractivity contribution in [1.82, 2.24) is 4.72 Å². The average molecular weight is 525 g/mol. The maximum atomic E-state index is 12.7. The Bertz CT molecular complexity index is 890. The summed E-state index contributed by atoms with van der Waals surface area (Å²) in [6.45, 7) is 4.45. The fourth-order valence-corrected chi connectivity index (χ4v) is 3.96. The van der Waals surface area contributed by atoms with Gasteiger partial charge in [0.25, 0.3) is 5.91 Å². The van der Waals surface area contributed by atoms with Crippen LogP contribution in [0.1, 0.15) is 46.0 Å². The summed E-state index contributed by atoms with van der Waals surface area (Å²) in [4.78, 5) is 24.8. The predicted molar refractivity (Wildman–Crippen MR) is 143 cm³/mol. The molecule has 1 fully saturated rings. The maximum absolute atomic E-state index is 12.7. The van der Waals surface area contributed by atoms with E-state index in [2.05, 4.69) is 9.46 Å². The minimum absolute atomic E-state index is 0.0421. The van der Waals surface area contributed by atoms with E-state index < -0.39 is 11.0 Å². The molecule has 2 aromatic rings. The molecule has 7 nitrogen and oxygen atoms in total. The summed E-state index contributed by atoms with van der Waals surface area (Å²) < 4.78 is 22.5. The molecule has 0 spiro atoms. The number of benzene rings is 2. The van der Waals surface area contributed by atoms with E-state index in [1.54, 1.807) is 17.0 Å². The second-order valence-corrected chi connectivity index (χ2v) is 9.19. The van der Waals surface area contributed by atoms with Gasteiger partial charge in [-0.05, 0) is 55.2 Å². The third-order valence-corrected chi connectivity index (χ3v) is 5.75. The summed E-state index contributed by atoms with van der Waals surface area (Å²) in [5.41, 5.74) is 1.53. The molecular formula is C26H37ClN2O5S. The first kappa shape index (κ1) is 30.6. The minimum Gasteiger partial charge on any atom is -0.449 e. The van der Waals surface area contributed by atoms with Gasteiger partial charge in [-0.1, -0.05) is 62.9 Å². The van der Waals surface area contributed by atoms with Crippen molar-refractivity contribution in [2.75, 3.05) is 31.5 Å². The number of nitrogens with zero attached hydrogens (tertiary/aromatic N) is 1. The van der Waals surface area contributed by atoms with Crippen molar-refractivity contribution in [3.05, 3.63) is 59.6 Å². The van der Waals surface area contributed by atoms with Gasteiger partial charge >= 0.3 is 6.09 Å². The van der Waals surface area contributed by atoms with Crippen LogP contribution in [0.25, 0.3) is 0 Å². The fourth-order valence-electron chi connectivity index (χ4n) is 3.46. The third kappa shape index (κ3) is 12.2. The highest BCUT2D eigenvalue weighted by atomic mass is 35.5. The molecule has 0 aliphatic heterocycles. The number of rotatable bonds is 7. The Kier molecular flexibility index (Phi) is 15.7. The van der Waals surface area contributed by atoms with E-state index in [-0.39, 0.29) is 18.6 Å². The Labute approximate surface area is 216 Å². The van der Waals surface area contributed by atoms with Crippen LogP contribution >= 0.6 is 11.6 Å². The number of carbonyl (C=O) groups excluding carboxylic acids is 2. The zero-order valence-electron chi connectivity index (χ0n) is 21.0. The van der Waals surface area contributed by atoms with Crippen LogP contribution in [-0.4, -0.2) is 42.8 Å². The van der Waals surface area contributed by atoms with Crippen LogP contribution < -0.4 is 9.62 Å². The summed E-state index contributed by atoms with van der Waals surface area (Å²) in [6, 6.07) is 16.8. The van der Waals surface area contributed by atoms with Crippen LogP contribution in [-0.2, 0) is 25.3 Å². The van der Waals surface area contributed by atoms with E-state index in [1.165, 1.54) is 32.6 Å². The Balaban J connectivity index is 0.000000473. The SMILES string of the molecule is CC.COCC(=O)NS(C)=O.O=C(OCC1CCCCC1)N(c1ccccc1)c1ccc(Cl)cc1. The van der Waals surface area contributed by atoms with E-state index in [4.69, 9.17) is 16.3 Å². The molecule has 0 radical (unpaired) electrons. The standard InChI is InChI=1S/C20H22ClNO2.C4H9NO3S.C2H6/c21-17-11-13-19(14-12-17)22(18-9-5-2-6-10-18)20(23)24-15-16-7-3-1-4-8-16;1-8-3-4(6)5-9(2)7;1-2/h2,5-6,9-14,16H,1,3-4,7-8,15H2;3H2,1-2H3,(H,5,6);1-2H3. The number of methoxy groups -OCH3 is 1. The van der Waals surface area contributed by atoms with Gasteiger partial charge in [-0.25, -0.2) is 13.9 Å². The molecule has 0 saturated heterocycles. The normalized spacial score (nSPS) is 13.7. The molecule has 194 valence electrons. The summed E-state index contributed by atoms with van der Waals surface area (Å²) in [5, 5.41) is 0.641.